The van der Waals surface area contributed by atoms with Gasteiger partial charge < -0.3 is 9.47 Å². The maximum absolute atomic E-state index is 13.2. The van der Waals surface area contributed by atoms with Crippen LogP contribution in [0.5, 0.6) is 0 Å². The highest BCUT2D eigenvalue weighted by Gasteiger charge is 2.30. The Bertz CT molecular complexity index is 967. The summed E-state index contributed by atoms with van der Waals surface area (Å²) in [6, 6.07) is 19.9. The zero-order valence-electron chi connectivity index (χ0n) is 16.3. The number of nitrogens with zero attached hydrogens (tertiary/aromatic N) is 4. The van der Waals surface area contributed by atoms with Gasteiger partial charge in [0, 0.05) is 18.2 Å². The molecule has 1 heterocycles. The molecule has 0 atom stereocenters. The molecule has 3 aromatic rings. The van der Waals surface area contributed by atoms with Crippen LogP contribution in [-0.2, 0) is 17.9 Å². The normalized spacial score (nSPS) is 13.2. The first-order valence-electron chi connectivity index (χ1n) is 9.82. The number of para-hydroxylation sites is 1. The summed E-state index contributed by atoms with van der Waals surface area (Å²) in [5.41, 5.74) is 1.99. The van der Waals surface area contributed by atoms with Crippen LogP contribution >= 0.6 is 11.8 Å². The zero-order chi connectivity index (χ0) is 20.1. The first-order chi connectivity index (χ1) is 14.3. The van der Waals surface area contributed by atoms with Crippen molar-refractivity contribution in [2.75, 3.05) is 10.7 Å². The third-order valence-corrected chi connectivity index (χ3v) is 5.83. The zero-order valence-corrected chi connectivity index (χ0v) is 17.1. The molecular formula is C23H24N4OS. The maximum atomic E-state index is 13.2. The van der Waals surface area contributed by atoms with Crippen LogP contribution in [0, 0.1) is 0 Å². The fraction of sp³-hybridized carbons (Fsp3) is 0.261. The van der Waals surface area contributed by atoms with Gasteiger partial charge in [0.25, 0.3) is 0 Å². The number of carbonyl (C=O) groups is 1. The molecule has 1 amide bonds. The summed E-state index contributed by atoms with van der Waals surface area (Å²) in [6.07, 6.45) is 4.18. The average Bonchev–Trinajstić information content (AvgIpc) is 3.53. The predicted molar refractivity (Wildman–Crippen MR) is 117 cm³/mol. The van der Waals surface area contributed by atoms with Gasteiger partial charge in [-0.3, -0.25) is 4.79 Å². The van der Waals surface area contributed by atoms with Crippen LogP contribution in [0.15, 0.2) is 78.5 Å². The van der Waals surface area contributed by atoms with Crippen molar-refractivity contribution in [3.63, 3.8) is 0 Å². The summed E-state index contributed by atoms with van der Waals surface area (Å²) in [6.45, 7) is 5.05. The fourth-order valence-electron chi connectivity index (χ4n) is 3.25. The predicted octanol–water partition coefficient (Wildman–Crippen LogP) is 4.67. The van der Waals surface area contributed by atoms with Gasteiger partial charge in [0.15, 0.2) is 5.16 Å². The number of allylic oxidation sites excluding steroid dienone is 1. The van der Waals surface area contributed by atoms with E-state index in [2.05, 4.69) is 21.3 Å². The van der Waals surface area contributed by atoms with Crippen molar-refractivity contribution in [1.29, 1.82) is 0 Å². The molecule has 0 saturated heterocycles. The molecule has 4 rings (SSSR count). The van der Waals surface area contributed by atoms with Gasteiger partial charge >= 0.3 is 0 Å². The van der Waals surface area contributed by atoms with Gasteiger partial charge in [-0.25, -0.2) is 0 Å². The number of amides is 1. The molecule has 1 aliphatic carbocycles. The van der Waals surface area contributed by atoms with Crippen molar-refractivity contribution in [1.82, 2.24) is 14.8 Å². The van der Waals surface area contributed by atoms with Crippen molar-refractivity contribution < 1.29 is 4.79 Å². The average molecular weight is 405 g/mol. The van der Waals surface area contributed by atoms with E-state index in [9.17, 15) is 4.79 Å². The molecule has 1 saturated carbocycles. The molecular weight excluding hydrogens is 380 g/mol. The monoisotopic (exact) mass is 404 g/mol. The highest BCUT2D eigenvalue weighted by Crippen LogP contribution is 2.40. The molecule has 0 spiro atoms. The van der Waals surface area contributed by atoms with E-state index in [0.717, 1.165) is 35.1 Å². The maximum Gasteiger partial charge on any atom is 0.237 e. The lowest BCUT2D eigenvalue weighted by atomic mass is 10.2. The van der Waals surface area contributed by atoms with Crippen LogP contribution in [0.1, 0.15) is 30.1 Å². The summed E-state index contributed by atoms with van der Waals surface area (Å²) < 4.78 is 2.09. The molecule has 0 radical (unpaired) electrons. The first kappa shape index (κ1) is 19.5. The lowest BCUT2D eigenvalue weighted by molar-refractivity contribution is -0.116. The quantitative estimate of drug-likeness (QED) is 0.384. The minimum atomic E-state index is 0.0474. The number of rotatable bonds is 9. The number of benzene rings is 2. The summed E-state index contributed by atoms with van der Waals surface area (Å²) in [4.78, 5) is 15.0. The molecule has 148 valence electrons. The number of hydrogen-bond donors (Lipinski definition) is 0. The van der Waals surface area contributed by atoms with Crippen molar-refractivity contribution in [2.45, 2.75) is 37.0 Å². The lowest BCUT2D eigenvalue weighted by Gasteiger charge is -2.23. The molecule has 5 nitrogen and oxygen atoms in total. The van der Waals surface area contributed by atoms with Crippen molar-refractivity contribution in [2.24, 2.45) is 0 Å². The number of hydrogen-bond acceptors (Lipinski definition) is 4. The fourth-order valence-corrected chi connectivity index (χ4v) is 4.08. The van der Waals surface area contributed by atoms with E-state index in [1.165, 1.54) is 11.8 Å². The van der Waals surface area contributed by atoms with Crippen LogP contribution in [0.2, 0.25) is 0 Å². The standard InChI is InChI=1S/C23H24N4OS/c1-2-15-26-22(19-13-14-19)24-25-23(26)29-17-21(28)27(20-11-7-4-8-12-20)16-18-9-5-3-6-10-18/h2-12,19H,1,13-17H2. The minimum absolute atomic E-state index is 0.0474. The highest BCUT2D eigenvalue weighted by molar-refractivity contribution is 7.99. The smallest absolute Gasteiger partial charge is 0.237 e. The molecule has 0 unspecified atom stereocenters. The Labute approximate surface area is 175 Å². The molecule has 0 N–H and O–H groups in total. The Hall–Kier alpha value is -2.86. The molecule has 1 fully saturated rings. The van der Waals surface area contributed by atoms with Gasteiger partial charge in [-0.05, 0) is 30.5 Å². The molecule has 29 heavy (non-hydrogen) atoms. The van der Waals surface area contributed by atoms with Crippen LogP contribution in [0.4, 0.5) is 5.69 Å². The van der Waals surface area contributed by atoms with Gasteiger partial charge in [0.05, 0.1) is 12.3 Å². The first-order valence-corrected chi connectivity index (χ1v) is 10.8. The lowest BCUT2D eigenvalue weighted by Crippen LogP contribution is -2.32. The second-order valence-electron chi connectivity index (χ2n) is 7.10. The molecule has 0 bridgehead atoms. The van der Waals surface area contributed by atoms with Crippen molar-refractivity contribution in [3.8, 4) is 0 Å². The van der Waals surface area contributed by atoms with Crippen LogP contribution < -0.4 is 4.90 Å². The largest absolute Gasteiger partial charge is 0.307 e. The topological polar surface area (TPSA) is 51.0 Å². The SMILES string of the molecule is C=CCn1c(SCC(=O)N(Cc2ccccc2)c2ccccc2)nnc1C1CC1. The molecule has 1 aromatic heterocycles. The van der Waals surface area contributed by atoms with Crippen molar-refractivity contribution in [3.05, 3.63) is 84.7 Å². The Morgan fingerprint density at radius 2 is 1.79 bits per heavy atom. The van der Waals surface area contributed by atoms with E-state index in [4.69, 9.17) is 0 Å². The van der Waals surface area contributed by atoms with E-state index in [1.54, 1.807) is 0 Å². The third-order valence-electron chi connectivity index (χ3n) is 4.88. The van der Waals surface area contributed by atoms with E-state index in [-0.39, 0.29) is 5.91 Å². The van der Waals surface area contributed by atoms with Crippen LogP contribution in [0.3, 0.4) is 0 Å². The van der Waals surface area contributed by atoms with Gasteiger partial charge in [-0.15, -0.1) is 16.8 Å². The molecule has 0 aliphatic heterocycles. The van der Waals surface area contributed by atoms with E-state index in [0.29, 0.717) is 24.8 Å². The number of thioether (sulfide) groups is 1. The van der Waals surface area contributed by atoms with Crippen LogP contribution in [0.25, 0.3) is 0 Å². The molecule has 6 heteroatoms. The summed E-state index contributed by atoms with van der Waals surface area (Å²) in [5, 5.41) is 9.49. The Morgan fingerprint density at radius 3 is 2.45 bits per heavy atom. The Balaban J connectivity index is 1.50. The second-order valence-corrected chi connectivity index (χ2v) is 8.05. The van der Waals surface area contributed by atoms with E-state index < -0.39 is 0 Å². The van der Waals surface area contributed by atoms with Gasteiger partial charge in [-0.2, -0.15) is 0 Å². The molecule has 2 aromatic carbocycles. The summed E-state index contributed by atoms with van der Waals surface area (Å²) >= 11 is 1.45. The highest BCUT2D eigenvalue weighted by atomic mass is 32.2. The van der Waals surface area contributed by atoms with Crippen molar-refractivity contribution >= 4 is 23.4 Å². The van der Waals surface area contributed by atoms with E-state index in [1.807, 2.05) is 71.6 Å². The Kier molecular flexibility index (Phi) is 6.10. The summed E-state index contributed by atoms with van der Waals surface area (Å²) in [7, 11) is 0. The second kappa shape index (κ2) is 9.09. The molecule has 1 aliphatic rings. The number of aromatic nitrogens is 3. The van der Waals surface area contributed by atoms with Crippen LogP contribution in [-0.4, -0.2) is 26.4 Å². The minimum Gasteiger partial charge on any atom is -0.307 e. The number of carbonyl (C=O) groups excluding carboxylic acids is 1. The number of anilines is 1. The van der Waals surface area contributed by atoms with Gasteiger partial charge in [0.2, 0.25) is 5.91 Å². The summed E-state index contributed by atoms with van der Waals surface area (Å²) in [5.74, 6) is 1.88. The third kappa shape index (κ3) is 4.77. The Morgan fingerprint density at radius 1 is 1.10 bits per heavy atom. The van der Waals surface area contributed by atoms with Gasteiger partial charge in [0.1, 0.15) is 5.82 Å². The van der Waals surface area contributed by atoms with Gasteiger partial charge in [-0.1, -0.05) is 66.4 Å². The van der Waals surface area contributed by atoms with E-state index >= 15 is 0 Å².